The Morgan fingerprint density at radius 1 is 1.18 bits per heavy atom. The average molecular weight is 309 g/mol. The van der Waals surface area contributed by atoms with Crippen molar-refractivity contribution < 1.29 is 19.2 Å². The summed E-state index contributed by atoms with van der Waals surface area (Å²) in [6, 6.07) is 0. The van der Waals surface area contributed by atoms with Gasteiger partial charge in [-0.25, -0.2) is 4.79 Å². The third-order valence-corrected chi connectivity index (χ3v) is 5.38. The van der Waals surface area contributed by atoms with Gasteiger partial charge in [-0.15, -0.1) is 0 Å². The summed E-state index contributed by atoms with van der Waals surface area (Å²) in [5.74, 6) is 0. The molecule has 1 atom stereocenters. The second kappa shape index (κ2) is 5.00. The molecule has 22 heavy (non-hydrogen) atoms. The molecule has 1 saturated heterocycles. The van der Waals surface area contributed by atoms with E-state index in [-0.39, 0.29) is 5.41 Å². The first-order valence-electron chi connectivity index (χ1n) is 7.89. The minimum Gasteiger partial charge on any atom is -0.465 e. The summed E-state index contributed by atoms with van der Waals surface area (Å²) in [6.07, 6.45) is 3.78. The van der Waals surface area contributed by atoms with Crippen molar-refractivity contribution in [1.82, 2.24) is 4.90 Å². The van der Waals surface area contributed by atoms with Crippen LogP contribution in [0.15, 0.2) is 12.2 Å². The first kappa shape index (κ1) is 17.4. The fourth-order valence-corrected chi connectivity index (χ4v) is 3.23. The molecule has 1 unspecified atom stereocenters. The van der Waals surface area contributed by atoms with E-state index in [9.17, 15) is 9.90 Å². The van der Waals surface area contributed by atoms with Crippen molar-refractivity contribution in [3.05, 3.63) is 12.2 Å². The quantitative estimate of drug-likeness (QED) is 0.596. The molecule has 0 aliphatic carbocycles. The number of carboxylic acid groups (broad SMARTS) is 1. The number of rotatable bonds is 1. The molecule has 2 heterocycles. The molecule has 5 nitrogen and oxygen atoms in total. The van der Waals surface area contributed by atoms with E-state index >= 15 is 0 Å². The number of carbonyl (C=O) groups is 1. The van der Waals surface area contributed by atoms with Crippen LogP contribution in [-0.2, 0) is 9.31 Å². The second-order valence-corrected chi connectivity index (χ2v) is 8.29. The van der Waals surface area contributed by atoms with Crippen LogP contribution in [0.25, 0.3) is 0 Å². The molecule has 2 rings (SSSR count). The van der Waals surface area contributed by atoms with Crippen LogP contribution in [0.2, 0.25) is 0 Å². The van der Waals surface area contributed by atoms with Crippen LogP contribution in [0.5, 0.6) is 0 Å². The molecule has 0 aromatic carbocycles. The van der Waals surface area contributed by atoms with Gasteiger partial charge in [-0.2, -0.15) is 0 Å². The lowest BCUT2D eigenvalue weighted by atomic mass is 9.50. The average Bonchev–Trinajstić information content (AvgIpc) is 2.57. The normalized spacial score (nSPS) is 30.7. The number of hydrogen-bond acceptors (Lipinski definition) is 3. The summed E-state index contributed by atoms with van der Waals surface area (Å²) >= 11 is 0. The van der Waals surface area contributed by atoms with Crippen molar-refractivity contribution in [2.45, 2.75) is 71.5 Å². The van der Waals surface area contributed by atoms with Crippen LogP contribution in [0, 0.1) is 5.41 Å². The van der Waals surface area contributed by atoms with E-state index in [0.29, 0.717) is 13.0 Å². The number of nitrogens with zero attached hydrogens (tertiary/aromatic N) is 1. The molecule has 1 amide bonds. The second-order valence-electron chi connectivity index (χ2n) is 8.29. The first-order valence-corrected chi connectivity index (χ1v) is 7.89. The highest BCUT2D eigenvalue weighted by Crippen LogP contribution is 2.48. The summed E-state index contributed by atoms with van der Waals surface area (Å²) in [7, 11) is -0.634. The van der Waals surface area contributed by atoms with Gasteiger partial charge in [-0.3, -0.25) is 4.90 Å². The maximum absolute atomic E-state index is 11.9. The molecular formula is C16H28BNO4. The van der Waals surface area contributed by atoms with E-state index < -0.39 is 29.9 Å². The van der Waals surface area contributed by atoms with E-state index in [4.69, 9.17) is 9.31 Å². The van der Waals surface area contributed by atoms with Crippen molar-refractivity contribution in [3.8, 4) is 0 Å². The zero-order valence-corrected chi connectivity index (χ0v) is 14.8. The smallest absolute Gasteiger partial charge is 0.465 e. The highest BCUT2D eigenvalue weighted by atomic mass is 16.7. The minimum absolute atomic E-state index is 0.372. The molecule has 0 spiro atoms. The zero-order chi connectivity index (χ0) is 17.0. The van der Waals surface area contributed by atoms with Gasteiger partial charge in [0.15, 0.2) is 0 Å². The molecule has 2 aliphatic heterocycles. The lowest BCUT2D eigenvalue weighted by Crippen LogP contribution is -2.68. The number of amides is 1. The van der Waals surface area contributed by atoms with E-state index in [1.165, 1.54) is 4.90 Å². The Morgan fingerprint density at radius 3 is 2.09 bits per heavy atom. The molecule has 2 aliphatic rings. The van der Waals surface area contributed by atoms with Crippen molar-refractivity contribution in [2.24, 2.45) is 5.41 Å². The third kappa shape index (κ3) is 2.37. The summed E-state index contributed by atoms with van der Waals surface area (Å²) < 4.78 is 12.5. The summed E-state index contributed by atoms with van der Waals surface area (Å²) in [6.45, 7) is 14.5. The third-order valence-electron chi connectivity index (χ3n) is 5.38. The molecule has 0 saturated carbocycles. The van der Waals surface area contributed by atoms with Gasteiger partial charge in [0.2, 0.25) is 0 Å². The van der Waals surface area contributed by atoms with E-state index in [2.05, 4.69) is 0 Å². The van der Waals surface area contributed by atoms with Crippen LogP contribution in [0.4, 0.5) is 4.79 Å². The Hall–Kier alpha value is -1.01. The maximum Gasteiger partial charge on any atom is 0.490 e. The maximum atomic E-state index is 11.9. The van der Waals surface area contributed by atoms with Gasteiger partial charge in [0.1, 0.15) is 5.44 Å². The van der Waals surface area contributed by atoms with Crippen molar-refractivity contribution in [2.75, 3.05) is 6.54 Å². The Kier molecular flexibility index (Phi) is 3.94. The summed E-state index contributed by atoms with van der Waals surface area (Å²) in [4.78, 5) is 13.4. The summed E-state index contributed by atoms with van der Waals surface area (Å²) in [5, 5.41) is 9.74. The minimum atomic E-state index is -0.936. The van der Waals surface area contributed by atoms with Crippen LogP contribution in [-0.4, -0.2) is 46.4 Å². The molecule has 1 fully saturated rings. The first-order chi connectivity index (χ1) is 9.85. The molecule has 124 valence electrons. The predicted octanol–water partition coefficient (Wildman–Crippen LogP) is 3.34. The highest BCUT2D eigenvalue weighted by Gasteiger charge is 2.66. The Labute approximate surface area is 133 Å². The van der Waals surface area contributed by atoms with Crippen LogP contribution >= 0.6 is 0 Å². The fourth-order valence-electron chi connectivity index (χ4n) is 3.23. The lowest BCUT2D eigenvalue weighted by molar-refractivity contribution is 0.00578. The van der Waals surface area contributed by atoms with Gasteiger partial charge in [-0.05, 0) is 39.5 Å². The standard InChI is InChI=1S/C16H28BNO4/c1-13(2,3)16(10-8-9-11-18(16)12(19)20)17-21-14(4,5)15(6,7)22-17/h8,10H,9,11H2,1-7H3,(H,19,20). The molecule has 6 heteroatoms. The molecule has 1 N–H and O–H groups in total. The van der Waals surface area contributed by atoms with E-state index in [1.54, 1.807) is 0 Å². The Bertz CT molecular complexity index is 479. The van der Waals surface area contributed by atoms with Crippen molar-refractivity contribution in [3.63, 3.8) is 0 Å². The fraction of sp³-hybridized carbons (Fsp3) is 0.812. The van der Waals surface area contributed by atoms with Crippen LogP contribution in [0.1, 0.15) is 54.9 Å². The molecule has 0 aromatic heterocycles. The lowest BCUT2D eigenvalue weighted by Gasteiger charge is -2.51. The topological polar surface area (TPSA) is 59.0 Å². The molecule has 0 aromatic rings. The Balaban J connectivity index is 2.55. The van der Waals surface area contributed by atoms with E-state index in [1.807, 2.05) is 60.6 Å². The molecule has 0 bridgehead atoms. The largest absolute Gasteiger partial charge is 0.490 e. The van der Waals surface area contributed by atoms with Gasteiger partial charge >= 0.3 is 13.2 Å². The Morgan fingerprint density at radius 2 is 1.68 bits per heavy atom. The van der Waals surface area contributed by atoms with Crippen LogP contribution in [0.3, 0.4) is 0 Å². The van der Waals surface area contributed by atoms with Crippen molar-refractivity contribution >= 4 is 13.2 Å². The van der Waals surface area contributed by atoms with Crippen LogP contribution < -0.4 is 0 Å². The molecule has 0 radical (unpaired) electrons. The number of hydrogen-bond donors (Lipinski definition) is 1. The van der Waals surface area contributed by atoms with Gasteiger partial charge < -0.3 is 14.4 Å². The SMILES string of the molecule is CC(C)(C)C1(B2OC(C)(C)C(C)(C)O2)C=CCCN1C(=O)O. The van der Waals surface area contributed by atoms with Crippen molar-refractivity contribution in [1.29, 1.82) is 0 Å². The van der Waals surface area contributed by atoms with E-state index in [0.717, 1.165) is 0 Å². The molecular weight excluding hydrogens is 281 g/mol. The highest BCUT2D eigenvalue weighted by molar-refractivity contribution is 6.51. The predicted molar refractivity (Wildman–Crippen MR) is 86.8 cm³/mol. The zero-order valence-electron chi connectivity index (χ0n) is 14.8. The monoisotopic (exact) mass is 309 g/mol. The summed E-state index contributed by atoms with van der Waals surface area (Å²) in [5.41, 5.74) is -2.21. The van der Waals surface area contributed by atoms with Gasteiger partial charge in [0, 0.05) is 6.54 Å². The van der Waals surface area contributed by atoms with Gasteiger partial charge in [0.05, 0.1) is 11.2 Å². The van der Waals surface area contributed by atoms with Gasteiger partial charge in [-0.1, -0.05) is 32.9 Å². The van der Waals surface area contributed by atoms with Gasteiger partial charge in [0.25, 0.3) is 0 Å².